The standard InChI is InChI=1S/C19H34N2O3/c1-19(2)14-15(19)17(22)20-16(18(23)24)12-10-8-6-7-9-11-13-21(3,4)5/h12,15H,6-11,13-14H2,1-5H3,(H-,20,22,23,24). The molecule has 24 heavy (non-hydrogen) atoms. The van der Waals surface area contributed by atoms with E-state index in [-0.39, 0.29) is 22.9 Å². The predicted octanol–water partition coefficient (Wildman–Crippen LogP) is 1.83. The highest BCUT2D eigenvalue weighted by atomic mass is 16.4. The minimum Gasteiger partial charge on any atom is -0.543 e. The Kier molecular flexibility index (Phi) is 7.46. The van der Waals surface area contributed by atoms with Gasteiger partial charge in [0, 0.05) is 5.92 Å². The number of amides is 1. The number of quaternary nitrogens is 1. The number of allylic oxidation sites excluding steroid dienone is 1. The molecule has 0 radical (unpaired) electrons. The maximum atomic E-state index is 12.0. The minimum atomic E-state index is -1.30. The van der Waals surface area contributed by atoms with Crippen molar-refractivity contribution in [2.45, 2.75) is 58.8 Å². The second kappa shape index (κ2) is 8.65. The maximum Gasteiger partial charge on any atom is 0.228 e. The molecule has 1 aliphatic rings. The summed E-state index contributed by atoms with van der Waals surface area (Å²) in [7, 11) is 6.59. The lowest BCUT2D eigenvalue weighted by molar-refractivity contribution is -0.870. The number of nitrogens with zero attached hydrogens (tertiary/aromatic N) is 1. The van der Waals surface area contributed by atoms with Gasteiger partial charge in [0.2, 0.25) is 5.91 Å². The van der Waals surface area contributed by atoms with Crippen LogP contribution in [0.2, 0.25) is 0 Å². The third kappa shape index (κ3) is 7.95. The van der Waals surface area contributed by atoms with Crippen molar-refractivity contribution in [2.24, 2.45) is 11.3 Å². The number of carboxylic acids is 1. The van der Waals surface area contributed by atoms with E-state index in [2.05, 4.69) is 26.5 Å². The highest BCUT2D eigenvalue weighted by Crippen LogP contribution is 2.51. The fourth-order valence-electron chi connectivity index (χ4n) is 2.83. The zero-order valence-electron chi connectivity index (χ0n) is 16.0. The minimum absolute atomic E-state index is 0.00705. The van der Waals surface area contributed by atoms with Crippen molar-refractivity contribution in [3.8, 4) is 0 Å². The molecule has 5 nitrogen and oxygen atoms in total. The molecule has 0 aliphatic heterocycles. The van der Waals surface area contributed by atoms with Gasteiger partial charge in [-0.05, 0) is 37.5 Å². The van der Waals surface area contributed by atoms with Gasteiger partial charge in [-0.15, -0.1) is 0 Å². The van der Waals surface area contributed by atoms with E-state index in [9.17, 15) is 14.7 Å². The van der Waals surface area contributed by atoms with Crippen LogP contribution in [0.4, 0.5) is 0 Å². The zero-order valence-corrected chi connectivity index (χ0v) is 16.0. The smallest absolute Gasteiger partial charge is 0.228 e. The summed E-state index contributed by atoms with van der Waals surface area (Å²) in [6.45, 7) is 5.20. The summed E-state index contributed by atoms with van der Waals surface area (Å²) in [6, 6.07) is 0. The van der Waals surface area contributed by atoms with Crippen molar-refractivity contribution < 1.29 is 19.2 Å². The fraction of sp³-hybridized carbons (Fsp3) is 0.789. The molecule has 1 N–H and O–H groups in total. The third-order valence-corrected chi connectivity index (χ3v) is 4.69. The molecule has 0 spiro atoms. The largest absolute Gasteiger partial charge is 0.543 e. The number of hydrogen-bond acceptors (Lipinski definition) is 3. The topological polar surface area (TPSA) is 69.2 Å². The van der Waals surface area contributed by atoms with Crippen molar-refractivity contribution in [2.75, 3.05) is 27.7 Å². The van der Waals surface area contributed by atoms with Crippen LogP contribution < -0.4 is 10.4 Å². The van der Waals surface area contributed by atoms with Gasteiger partial charge in [0.15, 0.2) is 0 Å². The number of nitrogens with one attached hydrogen (secondary N) is 1. The number of carbonyl (C=O) groups is 2. The number of carbonyl (C=O) groups excluding carboxylic acids is 2. The van der Waals surface area contributed by atoms with Gasteiger partial charge in [-0.2, -0.15) is 0 Å². The van der Waals surface area contributed by atoms with Gasteiger partial charge >= 0.3 is 0 Å². The molecule has 138 valence electrons. The summed E-state index contributed by atoms with van der Waals surface area (Å²) < 4.78 is 0.995. The highest BCUT2D eigenvalue weighted by Gasteiger charge is 2.50. The van der Waals surface area contributed by atoms with Crippen molar-refractivity contribution >= 4 is 11.9 Å². The van der Waals surface area contributed by atoms with Gasteiger partial charge in [0.25, 0.3) is 0 Å². The van der Waals surface area contributed by atoms with Crippen LogP contribution >= 0.6 is 0 Å². The molecule has 1 fully saturated rings. The molecule has 0 aromatic rings. The van der Waals surface area contributed by atoms with Gasteiger partial charge in [0.05, 0.1) is 39.4 Å². The predicted molar refractivity (Wildman–Crippen MR) is 93.7 cm³/mol. The van der Waals surface area contributed by atoms with E-state index < -0.39 is 5.97 Å². The molecule has 1 saturated carbocycles. The molecule has 1 rings (SSSR count). The Bertz CT molecular complexity index is 475. The van der Waals surface area contributed by atoms with Gasteiger partial charge < -0.3 is 19.7 Å². The van der Waals surface area contributed by atoms with Crippen molar-refractivity contribution in [1.82, 2.24) is 5.32 Å². The van der Waals surface area contributed by atoms with Gasteiger partial charge in [0.1, 0.15) is 0 Å². The Morgan fingerprint density at radius 2 is 1.67 bits per heavy atom. The summed E-state index contributed by atoms with van der Waals surface area (Å²) in [4.78, 5) is 23.1. The number of unbranched alkanes of at least 4 members (excludes halogenated alkanes) is 5. The SMILES string of the molecule is CC1(C)CC1C(=O)NC(=CCCCCCCC[N+](C)(C)C)C(=O)[O-]. The molecule has 0 bridgehead atoms. The van der Waals surface area contributed by atoms with Gasteiger partial charge in [-0.3, -0.25) is 4.79 Å². The summed E-state index contributed by atoms with van der Waals surface area (Å²) in [5.74, 6) is -1.58. The van der Waals surface area contributed by atoms with Crippen LogP contribution in [0.5, 0.6) is 0 Å². The van der Waals surface area contributed by atoms with Crippen molar-refractivity contribution in [3.63, 3.8) is 0 Å². The first kappa shape index (κ1) is 20.7. The Morgan fingerprint density at radius 1 is 1.12 bits per heavy atom. The molecule has 0 heterocycles. The number of hydrogen-bond donors (Lipinski definition) is 1. The zero-order chi connectivity index (χ0) is 18.4. The van der Waals surface area contributed by atoms with E-state index in [1.54, 1.807) is 6.08 Å². The highest BCUT2D eigenvalue weighted by molar-refractivity contribution is 5.93. The summed E-state index contributed by atoms with van der Waals surface area (Å²) in [5, 5.41) is 13.7. The summed E-state index contributed by atoms with van der Waals surface area (Å²) >= 11 is 0. The molecule has 0 aromatic heterocycles. The maximum absolute atomic E-state index is 12.0. The summed E-state index contributed by atoms with van der Waals surface area (Å²) in [6.07, 6.45) is 8.67. The fourth-order valence-corrected chi connectivity index (χ4v) is 2.83. The number of aliphatic carboxylic acids is 1. The quantitative estimate of drug-likeness (QED) is 0.355. The lowest BCUT2D eigenvalue weighted by Gasteiger charge is -2.23. The molecule has 1 aliphatic carbocycles. The molecular weight excluding hydrogens is 304 g/mol. The average Bonchev–Trinajstić information content (AvgIpc) is 3.07. The lowest BCUT2D eigenvalue weighted by atomic mass is 10.1. The Hall–Kier alpha value is -1.36. The van der Waals surface area contributed by atoms with E-state index >= 15 is 0 Å². The lowest BCUT2D eigenvalue weighted by Crippen LogP contribution is -2.36. The first-order valence-corrected chi connectivity index (χ1v) is 9.06. The van der Waals surface area contributed by atoms with Crippen molar-refractivity contribution in [1.29, 1.82) is 0 Å². The first-order valence-electron chi connectivity index (χ1n) is 9.06. The molecule has 0 aromatic carbocycles. The van der Waals surface area contributed by atoms with E-state index in [1.807, 2.05) is 13.8 Å². The van der Waals surface area contributed by atoms with Gasteiger partial charge in [-0.1, -0.05) is 32.8 Å². The molecular formula is C19H34N2O3. The first-order chi connectivity index (χ1) is 11.0. The van der Waals surface area contributed by atoms with E-state index in [4.69, 9.17) is 0 Å². The molecule has 5 heteroatoms. The van der Waals surface area contributed by atoms with E-state index in [1.165, 1.54) is 19.4 Å². The van der Waals surface area contributed by atoms with Crippen LogP contribution in [0.25, 0.3) is 0 Å². The monoisotopic (exact) mass is 338 g/mol. The second-order valence-electron chi connectivity index (χ2n) is 8.71. The van der Waals surface area contributed by atoms with E-state index in [0.717, 1.165) is 30.2 Å². The van der Waals surface area contributed by atoms with Crippen LogP contribution in [0, 0.1) is 11.3 Å². The van der Waals surface area contributed by atoms with Gasteiger partial charge in [-0.25, -0.2) is 0 Å². The Balaban J connectivity index is 2.22. The third-order valence-electron chi connectivity index (χ3n) is 4.69. The van der Waals surface area contributed by atoms with Crippen LogP contribution in [0.3, 0.4) is 0 Å². The Labute approximate surface area is 146 Å². The number of rotatable bonds is 11. The van der Waals surface area contributed by atoms with Crippen LogP contribution in [0.1, 0.15) is 58.8 Å². The molecule has 1 amide bonds. The van der Waals surface area contributed by atoms with Crippen LogP contribution in [0.15, 0.2) is 11.8 Å². The number of carboxylic acid groups (broad SMARTS) is 1. The Morgan fingerprint density at radius 3 is 2.17 bits per heavy atom. The van der Waals surface area contributed by atoms with Crippen molar-refractivity contribution in [3.05, 3.63) is 11.8 Å². The average molecular weight is 338 g/mol. The normalized spacial score (nSPS) is 19.9. The second-order valence-corrected chi connectivity index (χ2v) is 8.71. The molecule has 0 saturated heterocycles. The van der Waals surface area contributed by atoms with Crippen LogP contribution in [-0.4, -0.2) is 44.0 Å². The van der Waals surface area contributed by atoms with Crippen LogP contribution in [-0.2, 0) is 9.59 Å². The summed E-state index contributed by atoms with van der Waals surface area (Å²) in [5.41, 5.74) is -0.0832. The molecule has 1 unspecified atom stereocenters. The van der Waals surface area contributed by atoms with E-state index in [0.29, 0.717) is 6.42 Å². The molecule has 1 atom stereocenters.